The Labute approximate surface area is 222 Å². The minimum Gasteiger partial charge on any atom is -0.460 e. The highest BCUT2D eigenvalue weighted by molar-refractivity contribution is 7.22. The standard InChI is InChI=1S/C26H28FN5O5S/c1-26(2,3)37-23(33)6-5-10-28-14-17-15-30-25(31(17)4)22-13-19-24(38-22)21(9-11-29-19)36-20-8-7-16(32(34)35)12-18(20)27/h7-9,11-13,15,28H,5-6,10,14H2,1-4H3. The molecule has 0 atom stereocenters. The van der Waals surface area contributed by atoms with E-state index >= 15 is 0 Å². The summed E-state index contributed by atoms with van der Waals surface area (Å²) in [5, 5.41) is 14.2. The zero-order valence-corrected chi connectivity index (χ0v) is 22.3. The first-order valence-corrected chi connectivity index (χ1v) is 12.8. The summed E-state index contributed by atoms with van der Waals surface area (Å²) in [5.41, 5.74) is 0.795. The number of carbonyl (C=O) groups excluding carboxylic acids is 1. The van der Waals surface area contributed by atoms with Crippen LogP contribution in [0.25, 0.3) is 20.9 Å². The number of nitrogens with one attached hydrogen (secondary N) is 1. The Morgan fingerprint density at radius 2 is 2.00 bits per heavy atom. The van der Waals surface area contributed by atoms with E-state index in [2.05, 4.69) is 15.3 Å². The molecule has 1 N–H and O–H groups in total. The molecule has 0 saturated heterocycles. The number of non-ortho nitro benzene ring substituents is 1. The number of aromatic nitrogens is 3. The van der Waals surface area contributed by atoms with Crippen LogP contribution in [0.4, 0.5) is 10.1 Å². The van der Waals surface area contributed by atoms with Gasteiger partial charge in [-0.2, -0.15) is 0 Å². The van der Waals surface area contributed by atoms with Crippen molar-refractivity contribution in [1.29, 1.82) is 0 Å². The van der Waals surface area contributed by atoms with Gasteiger partial charge in [0.15, 0.2) is 11.6 Å². The summed E-state index contributed by atoms with van der Waals surface area (Å²) in [4.78, 5) is 31.9. The molecule has 4 aromatic rings. The van der Waals surface area contributed by atoms with Gasteiger partial charge in [0.1, 0.15) is 17.2 Å². The number of nitro benzene ring substituents is 1. The van der Waals surface area contributed by atoms with Crippen molar-refractivity contribution in [3.05, 3.63) is 64.4 Å². The summed E-state index contributed by atoms with van der Waals surface area (Å²) in [5.74, 6) is -0.0189. The Hall–Kier alpha value is -3.90. The van der Waals surface area contributed by atoms with Crippen LogP contribution in [0.5, 0.6) is 11.5 Å². The predicted octanol–water partition coefficient (Wildman–Crippen LogP) is 5.75. The van der Waals surface area contributed by atoms with Crippen LogP contribution in [0.3, 0.4) is 0 Å². The zero-order chi connectivity index (χ0) is 27.4. The number of pyridine rings is 1. The molecule has 200 valence electrons. The minimum absolute atomic E-state index is 0.116. The number of thiophene rings is 1. The van der Waals surface area contributed by atoms with E-state index in [0.29, 0.717) is 41.9 Å². The monoisotopic (exact) mass is 541 g/mol. The Kier molecular flexibility index (Phi) is 8.02. The molecule has 0 unspecified atom stereocenters. The predicted molar refractivity (Wildman–Crippen MR) is 142 cm³/mol. The summed E-state index contributed by atoms with van der Waals surface area (Å²) in [6.45, 7) is 6.79. The average Bonchev–Trinajstić information content (AvgIpc) is 3.42. The van der Waals surface area contributed by atoms with E-state index < -0.39 is 16.3 Å². The van der Waals surface area contributed by atoms with Crippen molar-refractivity contribution >= 4 is 33.2 Å². The molecular weight excluding hydrogens is 513 g/mol. The second-order valence-electron chi connectivity index (χ2n) is 9.61. The van der Waals surface area contributed by atoms with Crippen LogP contribution >= 0.6 is 11.3 Å². The van der Waals surface area contributed by atoms with E-state index in [0.717, 1.165) is 22.5 Å². The van der Waals surface area contributed by atoms with E-state index in [1.165, 1.54) is 23.5 Å². The highest BCUT2D eigenvalue weighted by Crippen LogP contribution is 2.39. The summed E-state index contributed by atoms with van der Waals surface area (Å²) in [7, 11) is 1.92. The van der Waals surface area contributed by atoms with Crippen LogP contribution in [0, 0.1) is 15.9 Å². The molecule has 0 bridgehead atoms. The van der Waals surface area contributed by atoms with Crippen LogP contribution in [-0.2, 0) is 23.1 Å². The number of nitrogens with zero attached hydrogens (tertiary/aromatic N) is 4. The fourth-order valence-corrected chi connectivity index (χ4v) is 4.81. The molecule has 10 nitrogen and oxygen atoms in total. The molecule has 38 heavy (non-hydrogen) atoms. The van der Waals surface area contributed by atoms with Gasteiger partial charge in [0.2, 0.25) is 0 Å². The number of hydrogen-bond donors (Lipinski definition) is 1. The normalized spacial score (nSPS) is 11.6. The van der Waals surface area contributed by atoms with E-state index in [4.69, 9.17) is 9.47 Å². The van der Waals surface area contributed by atoms with Crippen LogP contribution in [-0.4, -0.2) is 37.6 Å². The number of ether oxygens (including phenoxy) is 2. The van der Waals surface area contributed by atoms with E-state index in [1.807, 2.05) is 38.5 Å². The quantitative estimate of drug-likeness (QED) is 0.117. The van der Waals surface area contributed by atoms with E-state index in [9.17, 15) is 19.3 Å². The number of rotatable bonds is 10. The second-order valence-corrected chi connectivity index (χ2v) is 10.7. The summed E-state index contributed by atoms with van der Waals surface area (Å²) in [6.07, 6.45) is 4.36. The molecule has 0 saturated carbocycles. The third kappa shape index (κ3) is 6.50. The van der Waals surface area contributed by atoms with Gasteiger partial charge < -0.3 is 19.4 Å². The third-order valence-electron chi connectivity index (χ3n) is 5.49. The zero-order valence-electron chi connectivity index (χ0n) is 21.5. The van der Waals surface area contributed by atoms with Crippen LogP contribution in [0.2, 0.25) is 0 Å². The number of imidazole rings is 1. The Balaban J connectivity index is 1.43. The SMILES string of the molecule is Cn1c(CNCCCC(=O)OC(C)(C)C)cnc1-c1cc2nccc(Oc3ccc([N+](=O)[O-])cc3F)c2s1. The fourth-order valence-electron chi connectivity index (χ4n) is 3.71. The number of fused-ring (bicyclic) bond motifs is 1. The Morgan fingerprint density at radius 3 is 2.71 bits per heavy atom. The topological polar surface area (TPSA) is 121 Å². The van der Waals surface area contributed by atoms with Gasteiger partial charge in [-0.3, -0.25) is 19.9 Å². The number of nitro groups is 1. The number of hydrogen-bond acceptors (Lipinski definition) is 9. The first kappa shape index (κ1) is 27.1. The van der Waals surface area contributed by atoms with Gasteiger partial charge in [0.05, 0.1) is 38.0 Å². The molecule has 0 fully saturated rings. The maximum Gasteiger partial charge on any atom is 0.306 e. The maximum absolute atomic E-state index is 14.4. The van der Waals surface area contributed by atoms with Gasteiger partial charge in [0.25, 0.3) is 5.69 Å². The smallest absolute Gasteiger partial charge is 0.306 e. The Morgan fingerprint density at radius 1 is 1.21 bits per heavy atom. The molecule has 0 spiro atoms. The minimum atomic E-state index is -0.826. The summed E-state index contributed by atoms with van der Waals surface area (Å²) in [6, 6.07) is 6.76. The number of esters is 1. The first-order chi connectivity index (χ1) is 18.0. The lowest BCUT2D eigenvalue weighted by atomic mass is 10.2. The molecule has 0 radical (unpaired) electrons. The summed E-state index contributed by atoms with van der Waals surface area (Å²) < 4.78 is 28.2. The number of benzene rings is 1. The molecule has 0 amide bonds. The van der Waals surface area contributed by atoms with Crippen molar-refractivity contribution in [2.45, 2.75) is 45.8 Å². The molecular formula is C26H28FN5O5S. The van der Waals surface area contributed by atoms with Crippen LogP contribution in [0.15, 0.2) is 42.7 Å². The maximum atomic E-state index is 14.4. The molecule has 0 aliphatic carbocycles. The molecule has 0 aliphatic rings. The fraction of sp³-hybridized carbons (Fsp3) is 0.346. The highest BCUT2D eigenvalue weighted by atomic mass is 32.1. The van der Waals surface area contributed by atoms with Gasteiger partial charge in [-0.15, -0.1) is 11.3 Å². The van der Waals surface area contributed by atoms with Crippen molar-refractivity contribution < 1.29 is 23.6 Å². The third-order valence-corrected chi connectivity index (χ3v) is 6.62. The molecule has 3 aromatic heterocycles. The summed E-state index contributed by atoms with van der Waals surface area (Å²) >= 11 is 1.40. The number of carbonyl (C=O) groups is 1. The van der Waals surface area contributed by atoms with Gasteiger partial charge in [-0.05, 0) is 45.9 Å². The van der Waals surface area contributed by atoms with Crippen molar-refractivity contribution in [3.63, 3.8) is 0 Å². The van der Waals surface area contributed by atoms with Gasteiger partial charge in [-0.25, -0.2) is 9.37 Å². The molecule has 3 heterocycles. The number of halogens is 1. The second kappa shape index (κ2) is 11.2. The van der Waals surface area contributed by atoms with Crippen molar-refractivity contribution in [2.75, 3.05) is 6.54 Å². The van der Waals surface area contributed by atoms with E-state index in [1.54, 1.807) is 18.5 Å². The van der Waals surface area contributed by atoms with Gasteiger partial charge in [0, 0.05) is 38.3 Å². The van der Waals surface area contributed by atoms with Gasteiger partial charge >= 0.3 is 5.97 Å². The molecule has 1 aromatic carbocycles. The van der Waals surface area contributed by atoms with Crippen LogP contribution < -0.4 is 10.1 Å². The average molecular weight is 542 g/mol. The highest BCUT2D eigenvalue weighted by Gasteiger charge is 2.18. The molecule has 4 rings (SSSR count). The lowest BCUT2D eigenvalue weighted by Crippen LogP contribution is -2.24. The Bertz CT molecular complexity index is 1480. The lowest BCUT2D eigenvalue weighted by molar-refractivity contribution is -0.385. The van der Waals surface area contributed by atoms with Crippen LogP contribution in [0.1, 0.15) is 39.3 Å². The van der Waals surface area contributed by atoms with Crippen molar-refractivity contribution in [3.8, 4) is 22.2 Å². The lowest BCUT2D eigenvalue weighted by Gasteiger charge is -2.19. The van der Waals surface area contributed by atoms with Crippen molar-refractivity contribution in [1.82, 2.24) is 19.9 Å². The molecule has 0 aliphatic heterocycles. The first-order valence-electron chi connectivity index (χ1n) is 12.0. The van der Waals surface area contributed by atoms with E-state index in [-0.39, 0.29) is 17.4 Å². The molecule has 12 heteroatoms. The largest absolute Gasteiger partial charge is 0.460 e. The van der Waals surface area contributed by atoms with Gasteiger partial charge in [-0.1, -0.05) is 0 Å². The van der Waals surface area contributed by atoms with Crippen molar-refractivity contribution in [2.24, 2.45) is 7.05 Å².